The van der Waals surface area contributed by atoms with Crippen LogP contribution in [0.2, 0.25) is 0 Å². The van der Waals surface area contributed by atoms with Crippen LogP contribution in [-0.2, 0) is 17.6 Å². The summed E-state index contributed by atoms with van der Waals surface area (Å²) in [5, 5.41) is 12.2. The van der Waals surface area contributed by atoms with Crippen molar-refractivity contribution in [3.05, 3.63) is 64.9 Å². The maximum atomic E-state index is 12.0. The van der Waals surface area contributed by atoms with E-state index in [0.717, 1.165) is 21.9 Å². The quantitative estimate of drug-likeness (QED) is 0.706. The minimum atomic E-state index is -0.133. The Morgan fingerprint density at radius 1 is 1.24 bits per heavy atom. The first kappa shape index (κ1) is 17.0. The van der Waals surface area contributed by atoms with E-state index >= 15 is 0 Å². The van der Waals surface area contributed by atoms with Crippen LogP contribution in [0.1, 0.15) is 16.1 Å². The van der Waals surface area contributed by atoms with Gasteiger partial charge in [-0.2, -0.15) is 0 Å². The number of amides is 1. The van der Waals surface area contributed by atoms with E-state index in [1.807, 2.05) is 37.3 Å². The second-order valence-electron chi connectivity index (χ2n) is 5.50. The average Bonchev–Trinajstić information content (AvgIpc) is 3.03. The molecule has 0 aliphatic rings. The van der Waals surface area contributed by atoms with Crippen molar-refractivity contribution in [3.8, 4) is 5.75 Å². The van der Waals surface area contributed by atoms with Crippen LogP contribution in [0.15, 0.2) is 48.8 Å². The minimum absolute atomic E-state index is 0.133. The average molecular weight is 354 g/mol. The van der Waals surface area contributed by atoms with E-state index in [4.69, 9.17) is 4.74 Å². The van der Waals surface area contributed by atoms with E-state index in [1.54, 1.807) is 18.5 Å². The number of aryl methyl sites for hydroxylation is 1. The largest absolute Gasteiger partial charge is 0.493 e. The molecule has 2 aromatic heterocycles. The first-order valence-electron chi connectivity index (χ1n) is 7.89. The number of carbonyl (C=O) groups is 1. The molecule has 0 aliphatic carbocycles. The Bertz CT molecular complexity index is 836. The highest BCUT2D eigenvalue weighted by atomic mass is 32.1. The van der Waals surface area contributed by atoms with Gasteiger partial charge in [-0.1, -0.05) is 29.5 Å². The molecule has 3 aromatic rings. The number of pyridine rings is 1. The Kier molecular flexibility index (Phi) is 5.69. The third-order valence-corrected chi connectivity index (χ3v) is 4.27. The van der Waals surface area contributed by atoms with Crippen LogP contribution in [0.5, 0.6) is 5.75 Å². The first-order valence-corrected chi connectivity index (χ1v) is 8.71. The van der Waals surface area contributed by atoms with E-state index in [0.29, 0.717) is 18.2 Å². The summed E-state index contributed by atoms with van der Waals surface area (Å²) in [5.74, 6) is 0.709. The number of anilines is 1. The fraction of sp³-hybridized carbons (Fsp3) is 0.222. The molecular formula is C18H18N4O2S. The highest BCUT2D eigenvalue weighted by Crippen LogP contribution is 2.17. The molecule has 0 spiro atoms. The number of rotatable bonds is 7. The van der Waals surface area contributed by atoms with Crippen LogP contribution in [0.4, 0.5) is 5.13 Å². The first-order chi connectivity index (χ1) is 12.2. The number of hydrogen-bond acceptors (Lipinski definition) is 6. The molecule has 3 rings (SSSR count). The lowest BCUT2D eigenvalue weighted by Gasteiger charge is -2.04. The van der Waals surface area contributed by atoms with E-state index in [1.165, 1.54) is 11.3 Å². The molecule has 1 N–H and O–H groups in total. The van der Waals surface area contributed by atoms with Crippen molar-refractivity contribution in [1.29, 1.82) is 0 Å². The standard InChI is InChI=1S/C18H18N4O2S/c1-13-4-2-6-15(10-13)24-9-7-17-21-22-18(25-17)20-16(23)11-14-5-3-8-19-12-14/h2-6,8,10,12H,7,9,11H2,1H3,(H,20,22,23). The molecule has 0 unspecified atom stereocenters. The number of benzene rings is 1. The Labute approximate surface area is 149 Å². The van der Waals surface area contributed by atoms with E-state index in [9.17, 15) is 4.79 Å². The topological polar surface area (TPSA) is 77.0 Å². The lowest BCUT2D eigenvalue weighted by atomic mass is 10.2. The van der Waals surface area contributed by atoms with Crippen molar-refractivity contribution < 1.29 is 9.53 Å². The van der Waals surface area contributed by atoms with Gasteiger partial charge in [0.15, 0.2) is 0 Å². The summed E-state index contributed by atoms with van der Waals surface area (Å²) in [6.45, 7) is 2.54. The van der Waals surface area contributed by atoms with Crippen LogP contribution in [-0.4, -0.2) is 27.7 Å². The molecule has 0 aliphatic heterocycles. The predicted octanol–water partition coefficient (Wildman–Crippen LogP) is 3.04. The second-order valence-corrected chi connectivity index (χ2v) is 6.56. The van der Waals surface area contributed by atoms with Crippen molar-refractivity contribution in [2.45, 2.75) is 19.8 Å². The van der Waals surface area contributed by atoms with Gasteiger partial charge in [0.2, 0.25) is 11.0 Å². The zero-order chi connectivity index (χ0) is 17.5. The molecule has 25 heavy (non-hydrogen) atoms. The normalized spacial score (nSPS) is 10.4. The SMILES string of the molecule is Cc1cccc(OCCc2nnc(NC(=O)Cc3cccnc3)s2)c1. The van der Waals surface area contributed by atoms with Crippen LogP contribution < -0.4 is 10.1 Å². The number of aromatic nitrogens is 3. The molecule has 2 heterocycles. The maximum Gasteiger partial charge on any atom is 0.230 e. The molecule has 7 heteroatoms. The number of ether oxygens (including phenoxy) is 1. The van der Waals surface area contributed by atoms with Gasteiger partial charge in [-0.25, -0.2) is 0 Å². The van der Waals surface area contributed by atoms with Gasteiger partial charge in [-0.05, 0) is 36.2 Å². The maximum absolute atomic E-state index is 12.0. The van der Waals surface area contributed by atoms with Gasteiger partial charge in [0.25, 0.3) is 0 Å². The molecule has 128 valence electrons. The summed E-state index contributed by atoms with van der Waals surface area (Å²) in [6.07, 6.45) is 4.26. The zero-order valence-corrected chi connectivity index (χ0v) is 14.6. The van der Waals surface area contributed by atoms with Crippen LogP contribution >= 0.6 is 11.3 Å². The third-order valence-electron chi connectivity index (χ3n) is 3.37. The lowest BCUT2D eigenvalue weighted by molar-refractivity contribution is -0.115. The molecule has 0 saturated carbocycles. The number of carbonyl (C=O) groups excluding carboxylic acids is 1. The van der Waals surface area contributed by atoms with Gasteiger partial charge in [0.05, 0.1) is 13.0 Å². The molecule has 6 nitrogen and oxygen atoms in total. The summed E-state index contributed by atoms with van der Waals surface area (Å²) >= 11 is 1.36. The monoisotopic (exact) mass is 354 g/mol. The predicted molar refractivity (Wildman–Crippen MR) is 96.9 cm³/mol. The number of nitrogens with one attached hydrogen (secondary N) is 1. The van der Waals surface area contributed by atoms with Gasteiger partial charge in [0, 0.05) is 18.8 Å². The Morgan fingerprint density at radius 3 is 2.96 bits per heavy atom. The van der Waals surface area contributed by atoms with Crippen LogP contribution in [0.25, 0.3) is 0 Å². The van der Waals surface area contributed by atoms with Crippen LogP contribution in [0.3, 0.4) is 0 Å². The highest BCUT2D eigenvalue weighted by molar-refractivity contribution is 7.15. The molecule has 1 aromatic carbocycles. The fourth-order valence-corrected chi connectivity index (χ4v) is 2.95. The molecule has 0 bridgehead atoms. The molecule has 1 amide bonds. The molecule has 0 radical (unpaired) electrons. The van der Waals surface area contributed by atoms with Crippen molar-refractivity contribution >= 4 is 22.4 Å². The molecule has 0 atom stereocenters. The Balaban J connectivity index is 1.46. The lowest BCUT2D eigenvalue weighted by Crippen LogP contribution is -2.14. The third kappa shape index (κ3) is 5.36. The van der Waals surface area contributed by atoms with Gasteiger partial charge >= 0.3 is 0 Å². The van der Waals surface area contributed by atoms with E-state index in [2.05, 4.69) is 20.5 Å². The van der Waals surface area contributed by atoms with Gasteiger partial charge in [0.1, 0.15) is 10.8 Å². The van der Waals surface area contributed by atoms with Gasteiger partial charge in [-0.3, -0.25) is 9.78 Å². The second kappa shape index (κ2) is 8.34. The number of hydrogen-bond donors (Lipinski definition) is 1. The molecule has 0 fully saturated rings. The van der Waals surface area contributed by atoms with Crippen molar-refractivity contribution in [1.82, 2.24) is 15.2 Å². The van der Waals surface area contributed by atoms with Crippen LogP contribution in [0, 0.1) is 6.92 Å². The van der Waals surface area contributed by atoms with Crippen molar-refractivity contribution in [2.75, 3.05) is 11.9 Å². The molecular weight excluding hydrogens is 336 g/mol. The smallest absolute Gasteiger partial charge is 0.230 e. The van der Waals surface area contributed by atoms with Gasteiger partial charge < -0.3 is 10.1 Å². The number of nitrogens with zero attached hydrogens (tertiary/aromatic N) is 3. The highest BCUT2D eigenvalue weighted by Gasteiger charge is 2.09. The van der Waals surface area contributed by atoms with Crippen molar-refractivity contribution in [3.63, 3.8) is 0 Å². The van der Waals surface area contributed by atoms with E-state index < -0.39 is 0 Å². The summed E-state index contributed by atoms with van der Waals surface area (Å²) in [6, 6.07) is 11.6. The van der Waals surface area contributed by atoms with Crippen molar-refractivity contribution in [2.24, 2.45) is 0 Å². The zero-order valence-electron chi connectivity index (χ0n) is 13.8. The summed E-state index contributed by atoms with van der Waals surface area (Å²) < 4.78 is 5.70. The summed E-state index contributed by atoms with van der Waals surface area (Å²) in [4.78, 5) is 16.0. The molecule has 0 saturated heterocycles. The summed E-state index contributed by atoms with van der Waals surface area (Å²) in [5.41, 5.74) is 2.02. The summed E-state index contributed by atoms with van der Waals surface area (Å²) in [7, 11) is 0. The van der Waals surface area contributed by atoms with E-state index in [-0.39, 0.29) is 12.3 Å². The Hall–Kier alpha value is -2.80. The van der Waals surface area contributed by atoms with Gasteiger partial charge in [-0.15, -0.1) is 10.2 Å². The minimum Gasteiger partial charge on any atom is -0.493 e. The fourth-order valence-electron chi connectivity index (χ4n) is 2.22. The Morgan fingerprint density at radius 2 is 2.16 bits per heavy atom.